The molecule has 2 aromatic rings. The smallest absolute Gasteiger partial charge is 0.277 e. The first kappa shape index (κ1) is 10.7. The van der Waals surface area contributed by atoms with E-state index in [4.69, 9.17) is 0 Å². The summed E-state index contributed by atoms with van der Waals surface area (Å²) in [5, 5.41) is 5.55. The van der Waals surface area contributed by atoms with Crippen LogP contribution >= 0.6 is 0 Å². The van der Waals surface area contributed by atoms with Gasteiger partial charge in [-0.2, -0.15) is 18.3 Å². The standard InChI is InChI=1S/C10H6F4N2/c11-7-3-1-2-6(4-7)9-8(5-15-16-9)10(12,13)14/h1-5H,(H,15,16). The highest BCUT2D eigenvalue weighted by atomic mass is 19.4. The Morgan fingerprint density at radius 1 is 1.19 bits per heavy atom. The zero-order valence-corrected chi connectivity index (χ0v) is 7.85. The van der Waals surface area contributed by atoms with Crippen molar-refractivity contribution in [3.8, 4) is 11.3 Å². The Balaban J connectivity index is 2.53. The average molecular weight is 230 g/mol. The summed E-state index contributed by atoms with van der Waals surface area (Å²) in [7, 11) is 0. The van der Waals surface area contributed by atoms with Crippen LogP contribution in [0, 0.1) is 5.82 Å². The molecule has 84 valence electrons. The van der Waals surface area contributed by atoms with E-state index in [0.717, 1.165) is 12.1 Å². The van der Waals surface area contributed by atoms with Crippen LogP contribution in [-0.2, 0) is 6.18 Å². The molecule has 0 bridgehead atoms. The number of nitrogens with one attached hydrogen (secondary N) is 1. The van der Waals surface area contributed by atoms with Crippen LogP contribution in [0.2, 0.25) is 0 Å². The van der Waals surface area contributed by atoms with Crippen LogP contribution in [0.4, 0.5) is 17.6 Å². The van der Waals surface area contributed by atoms with Gasteiger partial charge in [0.15, 0.2) is 0 Å². The first-order valence-corrected chi connectivity index (χ1v) is 4.35. The maximum atomic E-state index is 12.9. The van der Waals surface area contributed by atoms with Gasteiger partial charge in [-0.05, 0) is 12.1 Å². The van der Waals surface area contributed by atoms with Crippen molar-refractivity contribution in [2.75, 3.05) is 0 Å². The SMILES string of the molecule is Fc1cccc(-c2[nH]ncc2C(F)(F)F)c1. The van der Waals surface area contributed by atoms with Crippen molar-refractivity contribution in [1.29, 1.82) is 0 Å². The van der Waals surface area contributed by atoms with Gasteiger partial charge in [-0.15, -0.1) is 0 Å². The average Bonchev–Trinajstić information content (AvgIpc) is 2.65. The molecule has 0 atom stereocenters. The van der Waals surface area contributed by atoms with Gasteiger partial charge in [-0.3, -0.25) is 5.10 Å². The zero-order valence-electron chi connectivity index (χ0n) is 7.85. The molecular formula is C10H6F4N2. The van der Waals surface area contributed by atoms with Crippen molar-refractivity contribution in [1.82, 2.24) is 10.2 Å². The van der Waals surface area contributed by atoms with E-state index in [-0.39, 0.29) is 11.3 Å². The lowest BCUT2D eigenvalue weighted by molar-refractivity contribution is -0.137. The van der Waals surface area contributed by atoms with E-state index in [1.54, 1.807) is 0 Å². The molecule has 16 heavy (non-hydrogen) atoms. The number of nitrogens with zero attached hydrogens (tertiary/aromatic N) is 1. The molecule has 0 aliphatic heterocycles. The summed E-state index contributed by atoms with van der Waals surface area (Å²) >= 11 is 0. The van der Waals surface area contributed by atoms with Crippen molar-refractivity contribution < 1.29 is 17.6 Å². The lowest BCUT2D eigenvalue weighted by Gasteiger charge is -2.06. The lowest BCUT2D eigenvalue weighted by Crippen LogP contribution is -2.05. The minimum atomic E-state index is -4.51. The molecule has 0 fully saturated rings. The first-order chi connectivity index (χ1) is 7.48. The molecule has 0 unspecified atom stereocenters. The van der Waals surface area contributed by atoms with Crippen molar-refractivity contribution in [2.24, 2.45) is 0 Å². The molecule has 0 spiro atoms. The van der Waals surface area contributed by atoms with E-state index in [1.165, 1.54) is 12.1 Å². The number of H-pyrrole nitrogens is 1. The number of aromatic nitrogens is 2. The number of hydrogen-bond acceptors (Lipinski definition) is 1. The van der Waals surface area contributed by atoms with E-state index in [1.807, 2.05) is 0 Å². The Morgan fingerprint density at radius 2 is 1.94 bits per heavy atom. The number of rotatable bonds is 1. The fourth-order valence-corrected chi connectivity index (χ4v) is 1.37. The van der Waals surface area contributed by atoms with Gasteiger partial charge >= 0.3 is 6.18 Å². The molecule has 0 aliphatic carbocycles. The largest absolute Gasteiger partial charge is 0.420 e. The van der Waals surface area contributed by atoms with Crippen LogP contribution in [0.15, 0.2) is 30.5 Å². The summed E-state index contributed by atoms with van der Waals surface area (Å²) in [6.07, 6.45) is -3.82. The minimum absolute atomic E-state index is 0.116. The predicted octanol–water partition coefficient (Wildman–Crippen LogP) is 3.23. The second-order valence-electron chi connectivity index (χ2n) is 3.17. The van der Waals surface area contributed by atoms with Crippen LogP contribution in [-0.4, -0.2) is 10.2 Å². The normalized spacial score (nSPS) is 11.8. The van der Waals surface area contributed by atoms with E-state index < -0.39 is 17.6 Å². The molecule has 0 radical (unpaired) electrons. The number of aromatic amines is 1. The van der Waals surface area contributed by atoms with E-state index >= 15 is 0 Å². The Labute approximate surface area is 87.9 Å². The number of benzene rings is 1. The van der Waals surface area contributed by atoms with E-state index in [0.29, 0.717) is 6.20 Å². The van der Waals surface area contributed by atoms with Crippen molar-refractivity contribution in [3.05, 3.63) is 41.8 Å². The predicted molar refractivity (Wildman–Crippen MR) is 49.0 cm³/mol. The molecule has 6 heteroatoms. The monoisotopic (exact) mass is 230 g/mol. The third-order valence-electron chi connectivity index (χ3n) is 2.06. The minimum Gasteiger partial charge on any atom is -0.277 e. The van der Waals surface area contributed by atoms with Crippen molar-refractivity contribution in [2.45, 2.75) is 6.18 Å². The van der Waals surface area contributed by atoms with Crippen molar-refractivity contribution in [3.63, 3.8) is 0 Å². The van der Waals surface area contributed by atoms with Crippen LogP contribution < -0.4 is 0 Å². The van der Waals surface area contributed by atoms with Crippen LogP contribution in [0.25, 0.3) is 11.3 Å². The fraction of sp³-hybridized carbons (Fsp3) is 0.100. The second kappa shape index (κ2) is 3.62. The summed E-state index contributed by atoms with van der Waals surface area (Å²) in [6.45, 7) is 0. The molecule has 1 heterocycles. The van der Waals surface area contributed by atoms with Gasteiger partial charge in [0.25, 0.3) is 0 Å². The second-order valence-corrected chi connectivity index (χ2v) is 3.17. The van der Waals surface area contributed by atoms with Crippen LogP contribution in [0.3, 0.4) is 0 Å². The Morgan fingerprint density at radius 3 is 2.56 bits per heavy atom. The molecule has 0 aliphatic rings. The summed E-state index contributed by atoms with van der Waals surface area (Å²) < 4.78 is 50.4. The first-order valence-electron chi connectivity index (χ1n) is 4.35. The molecule has 1 aromatic heterocycles. The number of alkyl halides is 3. The quantitative estimate of drug-likeness (QED) is 0.748. The Bertz CT molecular complexity index is 502. The highest BCUT2D eigenvalue weighted by Gasteiger charge is 2.35. The molecule has 0 saturated heterocycles. The van der Waals surface area contributed by atoms with Crippen LogP contribution in [0.5, 0.6) is 0 Å². The third-order valence-corrected chi connectivity index (χ3v) is 2.06. The molecule has 0 amide bonds. The van der Waals surface area contributed by atoms with Gasteiger partial charge in [0.05, 0.1) is 11.9 Å². The third kappa shape index (κ3) is 1.91. The van der Waals surface area contributed by atoms with E-state index in [2.05, 4.69) is 10.2 Å². The van der Waals surface area contributed by atoms with Gasteiger partial charge < -0.3 is 0 Å². The molecule has 0 saturated carbocycles. The van der Waals surface area contributed by atoms with E-state index in [9.17, 15) is 17.6 Å². The van der Waals surface area contributed by atoms with Crippen LogP contribution in [0.1, 0.15) is 5.56 Å². The topological polar surface area (TPSA) is 28.7 Å². The molecule has 1 aromatic carbocycles. The maximum Gasteiger partial charge on any atom is 0.420 e. The van der Waals surface area contributed by atoms with Gasteiger partial charge in [0, 0.05) is 5.56 Å². The van der Waals surface area contributed by atoms with Gasteiger partial charge in [-0.1, -0.05) is 12.1 Å². The highest BCUT2D eigenvalue weighted by molar-refractivity contribution is 5.63. The molecular weight excluding hydrogens is 224 g/mol. The maximum absolute atomic E-state index is 12.9. The molecule has 2 rings (SSSR count). The highest BCUT2D eigenvalue weighted by Crippen LogP contribution is 2.35. The molecule has 2 nitrogen and oxygen atoms in total. The van der Waals surface area contributed by atoms with Crippen molar-refractivity contribution >= 4 is 0 Å². The number of hydrogen-bond donors (Lipinski definition) is 1. The van der Waals surface area contributed by atoms with Gasteiger partial charge in [0.2, 0.25) is 0 Å². The Hall–Kier alpha value is -1.85. The summed E-state index contributed by atoms with van der Waals surface area (Å²) in [6, 6.07) is 4.90. The summed E-state index contributed by atoms with van der Waals surface area (Å²) in [4.78, 5) is 0. The fourth-order valence-electron chi connectivity index (χ4n) is 1.37. The summed E-state index contributed by atoms with van der Waals surface area (Å²) in [5.41, 5.74) is -1.02. The van der Waals surface area contributed by atoms with Gasteiger partial charge in [0.1, 0.15) is 11.4 Å². The van der Waals surface area contributed by atoms with Gasteiger partial charge in [-0.25, -0.2) is 4.39 Å². The molecule has 1 N–H and O–H groups in total. The number of halogens is 4. The lowest BCUT2D eigenvalue weighted by atomic mass is 10.1. The Kier molecular flexibility index (Phi) is 2.41. The zero-order chi connectivity index (χ0) is 11.8. The summed E-state index contributed by atoms with van der Waals surface area (Å²) in [5.74, 6) is -0.597.